The number of likely N-dealkylation sites (tertiary alicyclic amines) is 1. The van der Waals surface area contributed by atoms with Gasteiger partial charge in [0.25, 0.3) is 0 Å². The topological polar surface area (TPSA) is 75.7 Å². The average Bonchev–Trinajstić information content (AvgIpc) is 2.72. The maximum absolute atomic E-state index is 12.7. The molecule has 0 bridgehead atoms. The molecule has 27 heavy (non-hydrogen) atoms. The van der Waals surface area contributed by atoms with Gasteiger partial charge in [0.15, 0.2) is 0 Å². The summed E-state index contributed by atoms with van der Waals surface area (Å²) in [5.74, 6) is 0.893. The van der Waals surface area contributed by atoms with Crippen LogP contribution in [0.4, 0.5) is 0 Å². The molecule has 6 nitrogen and oxygen atoms in total. The number of nitrogens with zero attached hydrogens (tertiary/aromatic N) is 1. The van der Waals surface area contributed by atoms with Gasteiger partial charge in [0.1, 0.15) is 5.75 Å². The smallest absolute Gasteiger partial charge is 0.249 e. The van der Waals surface area contributed by atoms with Gasteiger partial charge in [-0.15, -0.1) is 0 Å². The number of carbonyl (C=O) groups is 1. The van der Waals surface area contributed by atoms with Crippen LogP contribution in [-0.4, -0.2) is 46.0 Å². The summed E-state index contributed by atoms with van der Waals surface area (Å²) in [5.41, 5.74) is 0.931. The van der Waals surface area contributed by atoms with Gasteiger partial charge in [0, 0.05) is 25.2 Å². The van der Waals surface area contributed by atoms with Crippen LogP contribution in [0, 0.1) is 5.92 Å². The lowest BCUT2D eigenvalue weighted by atomic mass is 9.95. The zero-order chi connectivity index (χ0) is 19.3. The van der Waals surface area contributed by atoms with Crippen molar-refractivity contribution in [1.82, 2.24) is 9.62 Å². The van der Waals surface area contributed by atoms with Crippen molar-refractivity contribution in [2.75, 3.05) is 26.7 Å². The minimum absolute atomic E-state index is 0.136. The molecule has 1 fully saturated rings. The molecule has 2 aliphatic rings. The number of carbonyl (C=O) groups excluding carboxylic acids is 1. The molecule has 0 aromatic heterocycles. The van der Waals surface area contributed by atoms with Gasteiger partial charge in [0.05, 0.1) is 12.0 Å². The SMILES string of the molecule is COc1ccc(S(=O)(=O)NC[C@@H]2CCCN(C(=O)C3=CCCCC3)C2)cc1. The van der Waals surface area contributed by atoms with Gasteiger partial charge >= 0.3 is 0 Å². The van der Waals surface area contributed by atoms with Gasteiger partial charge < -0.3 is 9.64 Å². The summed E-state index contributed by atoms with van der Waals surface area (Å²) in [6.07, 6.45) is 8.00. The molecule has 3 rings (SSSR count). The molecule has 7 heteroatoms. The molecule has 0 radical (unpaired) electrons. The van der Waals surface area contributed by atoms with Crippen LogP contribution in [0.3, 0.4) is 0 Å². The van der Waals surface area contributed by atoms with E-state index in [-0.39, 0.29) is 16.7 Å². The van der Waals surface area contributed by atoms with Crippen molar-refractivity contribution in [1.29, 1.82) is 0 Å². The van der Waals surface area contributed by atoms with Crippen molar-refractivity contribution in [2.24, 2.45) is 5.92 Å². The van der Waals surface area contributed by atoms with Crippen molar-refractivity contribution in [2.45, 2.75) is 43.4 Å². The number of methoxy groups -OCH3 is 1. The maximum atomic E-state index is 12.7. The van der Waals surface area contributed by atoms with Crippen molar-refractivity contribution in [3.05, 3.63) is 35.9 Å². The summed E-state index contributed by atoms with van der Waals surface area (Å²) in [6, 6.07) is 6.34. The van der Waals surface area contributed by atoms with Crippen LogP contribution in [-0.2, 0) is 14.8 Å². The van der Waals surface area contributed by atoms with E-state index in [0.717, 1.165) is 50.6 Å². The summed E-state index contributed by atoms with van der Waals surface area (Å²) in [4.78, 5) is 14.8. The van der Waals surface area contributed by atoms with E-state index in [0.29, 0.717) is 18.8 Å². The van der Waals surface area contributed by atoms with E-state index in [1.54, 1.807) is 19.2 Å². The lowest BCUT2D eigenvalue weighted by Crippen LogP contribution is -2.44. The minimum atomic E-state index is -3.56. The predicted octanol–water partition coefficient (Wildman–Crippen LogP) is 2.71. The Morgan fingerprint density at radius 1 is 1.22 bits per heavy atom. The van der Waals surface area contributed by atoms with Gasteiger partial charge in [-0.3, -0.25) is 4.79 Å². The molecule has 0 saturated carbocycles. The molecule has 0 spiro atoms. The molecule has 0 unspecified atom stereocenters. The fourth-order valence-electron chi connectivity index (χ4n) is 3.72. The zero-order valence-corrected chi connectivity index (χ0v) is 16.6. The lowest BCUT2D eigenvalue weighted by molar-refractivity contribution is -0.129. The molecule has 1 atom stereocenters. The molecular weight excluding hydrogens is 364 g/mol. The van der Waals surface area contributed by atoms with Crippen molar-refractivity contribution >= 4 is 15.9 Å². The average molecular weight is 393 g/mol. The Morgan fingerprint density at radius 2 is 2.00 bits per heavy atom. The van der Waals surface area contributed by atoms with Crippen molar-refractivity contribution in [3.8, 4) is 5.75 Å². The minimum Gasteiger partial charge on any atom is -0.497 e. The van der Waals surface area contributed by atoms with E-state index in [4.69, 9.17) is 4.74 Å². The third-order valence-electron chi connectivity index (χ3n) is 5.30. The Labute approximate surface area is 161 Å². The van der Waals surface area contributed by atoms with E-state index in [1.807, 2.05) is 4.90 Å². The van der Waals surface area contributed by atoms with Crippen LogP contribution >= 0.6 is 0 Å². The number of nitrogens with one attached hydrogen (secondary N) is 1. The summed E-state index contributed by atoms with van der Waals surface area (Å²) in [7, 11) is -2.02. The number of allylic oxidation sites excluding steroid dienone is 1. The predicted molar refractivity (Wildman–Crippen MR) is 104 cm³/mol. The van der Waals surface area contributed by atoms with Gasteiger partial charge in [-0.05, 0) is 68.7 Å². The number of hydrogen-bond donors (Lipinski definition) is 1. The van der Waals surface area contributed by atoms with Gasteiger partial charge in [0.2, 0.25) is 15.9 Å². The van der Waals surface area contributed by atoms with E-state index < -0.39 is 10.0 Å². The Morgan fingerprint density at radius 3 is 2.67 bits per heavy atom. The first-order valence-corrected chi connectivity index (χ1v) is 11.1. The molecule has 1 aromatic rings. The summed E-state index contributed by atoms with van der Waals surface area (Å²) in [5, 5.41) is 0. The normalized spacial score (nSPS) is 20.9. The first-order valence-electron chi connectivity index (χ1n) is 9.61. The standard InChI is InChI=1S/C20H28N2O4S/c1-26-18-9-11-19(12-10-18)27(24,25)21-14-16-6-5-13-22(15-16)20(23)17-7-3-2-4-8-17/h7,9-12,16,21H,2-6,8,13-15H2,1H3/t16-/m0/s1. The van der Waals surface area contributed by atoms with Crippen LogP contribution in [0.2, 0.25) is 0 Å². The molecule has 1 aromatic carbocycles. The van der Waals surface area contributed by atoms with Gasteiger partial charge in [-0.25, -0.2) is 13.1 Å². The fraction of sp³-hybridized carbons (Fsp3) is 0.550. The second-order valence-electron chi connectivity index (χ2n) is 7.26. The summed E-state index contributed by atoms with van der Waals surface area (Å²) >= 11 is 0. The number of benzene rings is 1. The monoisotopic (exact) mass is 392 g/mol. The number of ether oxygens (including phenoxy) is 1. The number of piperidine rings is 1. The van der Waals surface area contributed by atoms with Crippen molar-refractivity contribution in [3.63, 3.8) is 0 Å². The van der Waals surface area contributed by atoms with Crippen LogP contribution in [0.1, 0.15) is 38.5 Å². The number of sulfonamides is 1. The maximum Gasteiger partial charge on any atom is 0.249 e. The Balaban J connectivity index is 1.57. The van der Waals surface area contributed by atoms with Crippen molar-refractivity contribution < 1.29 is 17.9 Å². The highest BCUT2D eigenvalue weighted by atomic mass is 32.2. The van der Waals surface area contributed by atoms with Gasteiger partial charge in [-0.2, -0.15) is 0 Å². The molecule has 1 heterocycles. The second-order valence-corrected chi connectivity index (χ2v) is 9.03. The highest BCUT2D eigenvalue weighted by molar-refractivity contribution is 7.89. The Kier molecular flexibility index (Phi) is 6.55. The highest BCUT2D eigenvalue weighted by Crippen LogP contribution is 2.23. The van der Waals surface area contributed by atoms with Gasteiger partial charge in [-0.1, -0.05) is 6.08 Å². The number of amides is 1. The molecule has 1 saturated heterocycles. The molecular formula is C20H28N2O4S. The van der Waals surface area contributed by atoms with Crippen LogP contribution in [0.15, 0.2) is 40.8 Å². The quantitative estimate of drug-likeness (QED) is 0.808. The van der Waals surface area contributed by atoms with E-state index in [9.17, 15) is 13.2 Å². The Bertz CT molecular complexity index is 787. The van der Waals surface area contributed by atoms with E-state index >= 15 is 0 Å². The molecule has 1 aliphatic heterocycles. The zero-order valence-electron chi connectivity index (χ0n) is 15.8. The third kappa shape index (κ3) is 5.11. The number of hydrogen-bond acceptors (Lipinski definition) is 4. The lowest BCUT2D eigenvalue weighted by Gasteiger charge is -2.34. The molecule has 1 amide bonds. The van der Waals surface area contributed by atoms with Crippen LogP contribution in [0.5, 0.6) is 5.75 Å². The fourth-order valence-corrected chi connectivity index (χ4v) is 4.83. The largest absolute Gasteiger partial charge is 0.497 e. The number of rotatable bonds is 6. The van der Waals surface area contributed by atoms with Crippen LogP contribution in [0.25, 0.3) is 0 Å². The third-order valence-corrected chi connectivity index (χ3v) is 6.74. The highest BCUT2D eigenvalue weighted by Gasteiger charge is 2.27. The van der Waals surface area contributed by atoms with E-state index in [1.165, 1.54) is 12.1 Å². The summed E-state index contributed by atoms with van der Waals surface area (Å²) < 4.78 is 32.8. The molecule has 148 valence electrons. The first kappa shape index (κ1) is 19.9. The molecule has 1 N–H and O–H groups in total. The second kappa shape index (κ2) is 8.89. The Hall–Kier alpha value is -1.86. The molecule has 1 aliphatic carbocycles. The van der Waals surface area contributed by atoms with Crippen LogP contribution < -0.4 is 9.46 Å². The van der Waals surface area contributed by atoms with E-state index in [2.05, 4.69) is 10.8 Å². The summed E-state index contributed by atoms with van der Waals surface area (Å²) in [6.45, 7) is 1.72. The first-order chi connectivity index (χ1) is 13.0.